The van der Waals surface area contributed by atoms with E-state index in [4.69, 9.17) is 0 Å². The zero-order valence-electron chi connectivity index (χ0n) is 11.0. The van der Waals surface area contributed by atoms with Gasteiger partial charge in [0.05, 0.1) is 0 Å². The van der Waals surface area contributed by atoms with Crippen LogP contribution in [0.1, 0.15) is 26.6 Å². The van der Waals surface area contributed by atoms with Crippen molar-refractivity contribution < 1.29 is 4.79 Å². The summed E-state index contributed by atoms with van der Waals surface area (Å²) in [4.78, 5) is 17.6. The van der Waals surface area contributed by atoms with Gasteiger partial charge in [0, 0.05) is 32.0 Å². The molecular weight excluding hydrogens is 236 g/mol. The molecule has 0 radical (unpaired) electrons. The lowest BCUT2D eigenvalue weighted by atomic mass is 10.1. The highest BCUT2D eigenvalue weighted by molar-refractivity contribution is 7.09. The van der Waals surface area contributed by atoms with Gasteiger partial charge in [0.1, 0.15) is 11.9 Å². The lowest BCUT2D eigenvalue weighted by Crippen LogP contribution is -2.36. The highest BCUT2D eigenvalue weighted by atomic mass is 32.1. The third-order valence-corrected chi connectivity index (χ3v) is 2.89. The number of hydrogen-bond acceptors (Lipinski definition) is 5. The lowest BCUT2D eigenvalue weighted by molar-refractivity contribution is -0.129. The Hall–Kier alpha value is -1.17. The topological polar surface area (TPSA) is 58.1 Å². The van der Waals surface area contributed by atoms with Gasteiger partial charge in [-0.3, -0.25) is 4.79 Å². The number of carbonyl (C=O) groups is 1. The fourth-order valence-corrected chi connectivity index (χ4v) is 2.08. The van der Waals surface area contributed by atoms with Crippen LogP contribution in [0.25, 0.3) is 0 Å². The van der Waals surface area contributed by atoms with E-state index in [-0.39, 0.29) is 11.9 Å². The van der Waals surface area contributed by atoms with Crippen molar-refractivity contribution in [2.24, 2.45) is 5.92 Å². The molecule has 0 saturated heterocycles. The minimum absolute atomic E-state index is 0.0330. The number of rotatable bonds is 5. The van der Waals surface area contributed by atoms with Crippen LogP contribution < -0.4 is 5.32 Å². The number of nitrogens with zero attached hydrogens (tertiary/aromatic N) is 3. The van der Waals surface area contributed by atoms with Crippen LogP contribution in [0.15, 0.2) is 0 Å². The molecular formula is C11H20N4OS. The second kappa shape index (κ2) is 5.95. The number of nitrogens with one attached hydrogen (secondary N) is 1. The second-order valence-electron chi connectivity index (χ2n) is 4.71. The Morgan fingerprint density at radius 3 is 2.59 bits per heavy atom. The average Bonchev–Trinajstić information content (AvgIpc) is 2.63. The van der Waals surface area contributed by atoms with Crippen molar-refractivity contribution in [2.75, 3.05) is 19.4 Å². The average molecular weight is 256 g/mol. The molecule has 0 aromatic carbocycles. The van der Waals surface area contributed by atoms with E-state index in [1.165, 1.54) is 11.5 Å². The van der Waals surface area contributed by atoms with Crippen molar-refractivity contribution in [3.63, 3.8) is 0 Å². The summed E-state index contributed by atoms with van der Waals surface area (Å²) in [6.07, 6.45) is 0.869. The van der Waals surface area contributed by atoms with Gasteiger partial charge in [-0.2, -0.15) is 4.37 Å². The Labute approximate surface area is 106 Å². The molecule has 1 aromatic rings. The molecule has 0 spiro atoms. The van der Waals surface area contributed by atoms with Crippen LogP contribution in [0.3, 0.4) is 0 Å². The molecule has 0 saturated carbocycles. The molecule has 0 aliphatic rings. The molecule has 5 nitrogen and oxygen atoms in total. The summed E-state index contributed by atoms with van der Waals surface area (Å²) in [5.41, 5.74) is 0. The first kappa shape index (κ1) is 13.9. The predicted octanol–water partition coefficient (Wildman–Crippen LogP) is 1.63. The summed E-state index contributed by atoms with van der Waals surface area (Å²) in [6.45, 7) is 6.09. The Bertz CT molecular complexity index is 375. The molecule has 0 unspecified atom stereocenters. The first-order chi connectivity index (χ1) is 7.90. The normalized spacial score (nSPS) is 12.6. The van der Waals surface area contributed by atoms with Crippen molar-refractivity contribution in [1.82, 2.24) is 14.3 Å². The SMILES string of the molecule is CC(C)Cc1nsc(N[C@@H](C)C(=O)N(C)C)n1. The highest BCUT2D eigenvalue weighted by Crippen LogP contribution is 2.15. The number of amides is 1. The third-order valence-electron chi connectivity index (χ3n) is 2.21. The zero-order valence-corrected chi connectivity index (χ0v) is 11.8. The molecule has 1 rings (SSSR count). The first-order valence-electron chi connectivity index (χ1n) is 5.70. The van der Waals surface area contributed by atoms with Crippen LogP contribution in [0.4, 0.5) is 5.13 Å². The fourth-order valence-electron chi connectivity index (χ4n) is 1.39. The van der Waals surface area contributed by atoms with Crippen LogP contribution in [0.2, 0.25) is 0 Å². The third kappa shape index (κ3) is 4.30. The van der Waals surface area contributed by atoms with E-state index in [0.29, 0.717) is 11.0 Å². The summed E-state index contributed by atoms with van der Waals surface area (Å²) < 4.78 is 4.26. The quantitative estimate of drug-likeness (QED) is 0.870. The number of anilines is 1. The van der Waals surface area contributed by atoms with E-state index in [2.05, 4.69) is 28.5 Å². The minimum atomic E-state index is -0.273. The van der Waals surface area contributed by atoms with Gasteiger partial charge < -0.3 is 10.2 Å². The first-order valence-corrected chi connectivity index (χ1v) is 6.47. The number of hydrogen-bond donors (Lipinski definition) is 1. The maximum Gasteiger partial charge on any atom is 0.244 e. The number of carbonyl (C=O) groups excluding carboxylic acids is 1. The van der Waals surface area contributed by atoms with Crippen LogP contribution in [-0.2, 0) is 11.2 Å². The van der Waals surface area contributed by atoms with Gasteiger partial charge in [-0.1, -0.05) is 13.8 Å². The van der Waals surface area contributed by atoms with Gasteiger partial charge in [-0.25, -0.2) is 4.98 Å². The number of likely N-dealkylation sites (N-methyl/N-ethyl adjacent to an activating group) is 1. The van der Waals surface area contributed by atoms with Crippen molar-refractivity contribution in [1.29, 1.82) is 0 Å². The molecule has 17 heavy (non-hydrogen) atoms. The maximum absolute atomic E-state index is 11.7. The van der Waals surface area contributed by atoms with E-state index in [0.717, 1.165) is 12.2 Å². The van der Waals surface area contributed by atoms with E-state index < -0.39 is 0 Å². The molecule has 1 aromatic heterocycles. The molecule has 1 heterocycles. The van der Waals surface area contributed by atoms with Crippen molar-refractivity contribution >= 4 is 22.6 Å². The molecule has 1 atom stereocenters. The Morgan fingerprint density at radius 2 is 2.06 bits per heavy atom. The van der Waals surface area contributed by atoms with Crippen molar-refractivity contribution in [3.05, 3.63) is 5.82 Å². The second-order valence-corrected chi connectivity index (χ2v) is 5.46. The summed E-state index contributed by atoms with van der Waals surface area (Å²) in [5, 5.41) is 3.78. The highest BCUT2D eigenvalue weighted by Gasteiger charge is 2.16. The summed E-state index contributed by atoms with van der Waals surface area (Å²) >= 11 is 1.31. The van der Waals surface area contributed by atoms with Crippen molar-refractivity contribution in [3.8, 4) is 0 Å². The molecule has 1 N–H and O–H groups in total. The van der Waals surface area contributed by atoms with Gasteiger partial charge >= 0.3 is 0 Å². The van der Waals surface area contributed by atoms with E-state index in [9.17, 15) is 4.79 Å². The van der Waals surface area contributed by atoms with Gasteiger partial charge in [-0.15, -0.1) is 0 Å². The summed E-state index contributed by atoms with van der Waals surface area (Å²) in [6, 6.07) is -0.273. The summed E-state index contributed by atoms with van der Waals surface area (Å²) in [7, 11) is 3.48. The van der Waals surface area contributed by atoms with Gasteiger partial charge in [0.25, 0.3) is 0 Å². The smallest absolute Gasteiger partial charge is 0.244 e. The van der Waals surface area contributed by atoms with Crippen LogP contribution in [-0.4, -0.2) is 40.3 Å². The zero-order chi connectivity index (χ0) is 13.0. The van der Waals surface area contributed by atoms with Gasteiger partial charge in [0.15, 0.2) is 0 Å². The van der Waals surface area contributed by atoms with Crippen LogP contribution in [0, 0.1) is 5.92 Å². The van der Waals surface area contributed by atoms with Gasteiger partial charge in [-0.05, 0) is 12.8 Å². The lowest BCUT2D eigenvalue weighted by Gasteiger charge is -2.16. The van der Waals surface area contributed by atoms with Gasteiger partial charge in [0.2, 0.25) is 11.0 Å². The largest absolute Gasteiger partial charge is 0.349 e. The molecule has 0 aliphatic heterocycles. The standard InChI is InChI=1S/C11H20N4OS/c1-7(2)6-9-13-11(17-14-9)12-8(3)10(16)15(4)5/h7-8H,6H2,1-5H3,(H,12,13,14)/t8-/m0/s1. The fraction of sp³-hybridized carbons (Fsp3) is 0.727. The minimum Gasteiger partial charge on any atom is -0.349 e. The van der Waals surface area contributed by atoms with Crippen molar-refractivity contribution in [2.45, 2.75) is 33.2 Å². The predicted molar refractivity (Wildman–Crippen MR) is 70.2 cm³/mol. The monoisotopic (exact) mass is 256 g/mol. The van der Waals surface area contributed by atoms with E-state index in [1.807, 2.05) is 6.92 Å². The Kier molecular flexibility index (Phi) is 4.86. The van der Waals surface area contributed by atoms with Crippen LogP contribution >= 0.6 is 11.5 Å². The maximum atomic E-state index is 11.7. The molecule has 6 heteroatoms. The molecule has 0 bridgehead atoms. The molecule has 0 aliphatic carbocycles. The Morgan fingerprint density at radius 1 is 1.41 bits per heavy atom. The summed E-state index contributed by atoms with van der Waals surface area (Å²) in [5.74, 6) is 1.42. The molecule has 0 fully saturated rings. The molecule has 96 valence electrons. The number of aromatic nitrogens is 2. The Balaban J connectivity index is 2.57. The van der Waals surface area contributed by atoms with E-state index >= 15 is 0 Å². The van der Waals surface area contributed by atoms with E-state index in [1.54, 1.807) is 19.0 Å². The van der Waals surface area contributed by atoms with Crippen LogP contribution in [0.5, 0.6) is 0 Å². The molecule has 1 amide bonds.